The number of hydrogen-bond donors (Lipinski definition) is 0. The van der Waals surface area contributed by atoms with Gasteiger partial charge >= 0.3 is 0 Å². The van der Waals surface area contributed by atoms with E-state index in [1.807, 2.05) is 24.3 Å². The molecular weight excluding hydrogens is 319 g/mol. The normalized spacial score (nSPS) is 10.2. The Balaban J connectivity index is 1.65. The van der Waals surface area contributed by atoms with Crippen LogP contribution < -0.4 is 0 Å². The minimum Gasteiger partial charge on any atom is -0.207 e. The van der Waals surface area contributed by atoms with E-state index >= 15 is 0 Å². The van der Waals surface area contributed by atoms with Crippen LogP contribution in [-0.2, 0) is 6.42 Å². The summed E-state index contributed by atoms with van der Waals surface area (Å²) in [5.74, 6) is 6.22. The number of hydrogen-bond acceptors (Lipinski definition) is 0. The fourth-order valence-corrected chi connectivity index (χ4v) is 2.87. The monoisotopic (exact) mass is 342 g/mol. The number of benzene rings is 3. The third-order valence-electron chi connectivity index (χ3n) is 4.44. The molecule has 0 saturated heterocycles. The maximum atomic E-state index is 13.0. The molecule has 0 spiro atoms. The molecule has 0 aliphatic heterocycles. The molecule has 0 heterocycles. The Kier molecular flexibility index (Phi) is 6.23. The molecule has 0 aliphatic rings. The van der Waals surface area contributed by atoms with Crippen molar-refractivity contribution in [2.75, 3.05) is 0 Å². The first-order valence-electron chi connectivity index (χ1n) is 9.21. The Labute approximate surface area is 155 Å². The predicted molar refractivity (Wildman–Crippen MR) is 107 cm³/mol. The van der Waals surface area contributed by atoms with Crippen molar-refractivity contribution in [3.63, 3.8) is 0 Å². The molecule has 3 rings (SSSR count). The van der Waals surface area contributed by atoms with E-state index in [9.17, 15) is 4.39 Å². The van der Waals surface area contributed by atoms with Crippen LogP contribution in [0.25, 0.3) is 11.1 Å². The quantitative estimate of drug-likeness (QED) is 0.361. The van der Waals surface area contributed by atoms with E-state index in [0.717, 1.165) is 28.7 Å². The molecule has 0 N–H and O–H groups in total. The highest BCUT2D eigenvalue weighted by Crippen LogP contribution is 2.20. The van der Waals surface area contributed by atoms with E-state index in [-0.39, 0.29) is 5.82 Å². The third kappa shape index (κ3) is 5.07. The molecular formula is C25H23F. The largest absolute Gasteiger partial charge is 0.207 e. The van der Waals surface area contributed by atoms with Crippen molar-refractivity contribution in [2.45, 2.75) is 32.6 Å². The van der Waals surface area contributed by atoms with Gasteiger partial charge in [0.25, 0.3) is 0 Å². The van der Waals surface area contributed by atoms with Gasteiger partial charge in [-0.05, 0) is 65.9 Å². The molecule has 26 heavy (non-hydrogen) atoms. The number of unbranched alkanes of at least 4 members (excludes halogenated alkanes) is 2. The smallest absolute Gasteiger partial charge is 0.123 e. The Morgan fingerprint density at radius 1 is 0.654 bits per heavy atom. The zero-order valence-electron chi connectivity index (χ0n) is 15.1. The highest BCUT2D eigenvalue weighted by Gasteiger charge is 1.98. The van der Waals surface area contributed by atoms with Crippen LogP contribution in [0.1, 0.15) is 42.9 Å². The Bertz CT molecular complexity index is 876. The van der Waals surface area contributed by atoms with Crippen LogP contribution in [0.15, 0.2) is 72.8 Å². The first kappa shape index (κ1) is 18.0. The molecule has 0 atom stereocenters. The molecule has 0 bridgehead atoms. The summed E-state index contributed by atoms with van der Waals surface area (Å²) in [4.78, 5) is 0. The first-order chi connectivity index (χ1) is 12.7. The zero-order chi connectivity index (χ0) is 18.2. The topological polar surface area (TPSA) is 0 Å². The fourth-order valence-electron chi connectivity index (χ4n) is 2.87. The molecule has 0 saturated carbocycles. The first-order valence-corrected chi connectivity index (χ1v) is 9.21. The van der Waals surface area contributed by atoms with Gasteiger partial charge in [0, 0.05) is 11.1 Å². The summed E-state index contributed by atoms with van der Waals surface area (Å²) in [6.45, 7) is 2.23. The molecule has 130 valence electrons. The Morgan fingerprint density at radius 2 is 1.15 bits per heavy atom. The van der Waals surface area contributed by atoms with Crippen molar-refractivity contribution in [2.24, 2.45) is 0 Å². The van der Waals surface area contributed by atoms with Gasteiger partial charge in [-0.15, -0.1) is 0 Å². The van der Waals surface area contributed by atoms with Crippen molar-refractivity contribution < 1.29 is 4.39 Å². The van der Waals surface area contributed by atoms with Crippen LogP contribution in [0.4, 0.5) is 4.39 Å². The van der Waals surface area contributed by atoms with Crippen LogP contribution in [0, 0.1) is 17.7 Å². The lowest BCUT2D eigenvalue weighted by atomic mass is 10.0. The maximum absolute atomic E-state index is 13.0. The second kappa shape index (κ2) is 9.02. The third-order valence-corrected chi connectivity index (χ3v) is 4.44. The molecule has 0 aliphatic carbocycles. The van der Waals surface area contributed by atoms with Gasteiger partial charge < -0.3 is 0 Å². The van der Waals surface area contributed by atoms with E-state index < -0.39 is 0 Å². The molecule has 3 aromatic carbocycles. The minimum absolute atomic E-state index is 0.215. The summed E-state index contributed by atoms with van der Waals surface area (Å²) in [5, 5.41) is 0. The standard InChI is InChI=1S/C25H23F/c1-2-3-4-5-20-6-8-21(9-7-20)10-11-22-12-14-23(15-13-22)24-16-18-25(26)19-17-24/h6-9,12-19H,2-5H2,1H3. The lowest BCUT2D eigenvalue weighted by molar-refractivity contribution is 0.628. The lowest BCUT2D eigenvalue weighted by Gasteiger charge is -2.02. The maximum Gasteiger partial charge on any atom is 0.123 e. The van der Waals surface area contributed by atoms with Crippen molar-refractivity contribution in [1.82, 2.24) is 0 Å². The van der Waals surface area contributed by atoms with E-state index in [4.69, 9.17) is 0 Å². The summed E-state index contributed by atoms with van der Waals surface area (Å²) in [6.07, 6.45) is 4.94. The average molecular weight is 342 g/mol. The summed E-state index contributed by atoms with van der Waals surface area (Å²) in [5.41, 5.74) is 5.46. The SMILES string of the molecule is CCCCCc1ccc(C#Cc2ccc(-c3ccc(F)cc3)cc2)cc1. The lowest BCUT2D eigenvalue weighted by Crippen LogP contribution is -1.85. The number of aryl methyl sites for hydroxylation is 1. The van der Waals surface area contributed by atoms with Gasteiger partial charge in [0.05, 0.1) is 0 Å². The second-order valence-corrected chi connectivity index (χ2v) is 6.49. The van der Waals surface area contributed by atoms with Crippen LogP contribution in [-0.4, -0.2) is 0 Å². The Morgan fingerprint density at radius 3 is 1.69 bits per heavy atom. The van der Waals surface area contributed by atoms with Gasteiger partial charge in [-0.3, -0.25) is 0 Å². The molecule has 1 heteroatoms. The van der Waals surface area contributed by atoms with Crippen molar-refractivity contribution in [3.05, 3.63) is 95.3 Å². The van der Waals surface area contributed by atoms with Crippen LogP contribution in [0.2, 0.25) is 0 Å². The van der Waals surface area contributed by atoms with Gasteiger partial charge in [-0.25, -0.2) is 4.39 Å². The zero-order valence-corrected chi connectivity index (χ0v) is 15.1. The molecule has 0 radical (unpaired) electrons. The van der Waals surface area contributed by atoms with E-state index in [1.165, 1.54) is 37.0 Å². The average Bonchev–Trinajstić information content (AvgIpc) is 2.69. The second-order valence-electron chi connectivity index (χ2n) is 6.49. The molecule has 0 nitrogen and oxygen atoms in total. The molecule has 0 aromatic heterocycles. The van der Waals surface area contributed by atoms with Gasteiger partial charge in [-0.1, -0.05) is 68.0 Å². The predicted octanol–water partition coefficient (Wildman–Crippen LogP) is 6.63. The van der Waals surface area contributed by atoms with Gasteiger partial charge in [-0.2, -0.15) is 0 Å². The van der Waals surface area contributed by atoms with Crippen LogP contribution in [0.3, 0.4) is 0 Å². The van der Waals surface area contributed by atoms with Crippen LogP contribution in [0.5, 0.6) is 0 Å². The van der Waals surface area contributed by atoms with Gasteiger partial charge in [0.2, 0.25) is 0 Å². The van der Waals surface area contributed by atoms with Crippen molar-refractivity contribution >= 4 is 0 Å². The van der Waals surface area contributed by atoms with Crippen LogP contribution >= 0.6 is 0 Å². The summed E-state index contributed by atoms with van der Waals surface area (Å²) in [7, 11) is 0. The molecule has 3 aromatic rings. The highest BCUT2D eigenvalue weighted by atomic mass is 19.1. The van der Waals surface area contributed by atoms with E-state index in [1.54, 1.807) is 12.1 Å². The van der Waals surface area contributed by atoms with E-state index in [0.29, 0.717) is 0 Å². The minimum atomic E-state index is -0.215. The Hall–Kier alpha value is -2.85. The summed E-state index contributed by atoms with van der Waals surface area (Å²) >= 11 is 0. The fraction of sp³-hybridized carbons (Fsp3) is 0.200. The summed E-state index contributed by atoms with van der Waals surface area (Å²) in [6, 6.07) is 23.1. The molecule has 0 unspecified atom stereocenters. The van der Waals surface area contributed by atoms with E-state index in [2.05, 4.69) is 43.0 Å². The van der Waals surface area contributed by atoms with Gasteiger partial charge in [0.15, 0.2) is 0 Å². The van der Waals surface area contributed by atoms with Crippen molar-refractivity contribution in [3.8, 4) is 23.0 Å². The summed E-state index contributed by atoms with van der Waals surface area (Å²) < 4.78 is 13.0. The molecule has 0 amide bonds. The highest BCUT2D eigenvalue weighted by molar-refractivity contribution is 5.64. The molecule has 0 fully saturated rings. The number of rotatable bonds is 5. The number of halogens is 1. The van der Waals surface area contributed by atoms with Gasteiger partial charge in [0.1, 0.15) is 5.82 Å². The van der Waals surface area contributed by atoms with Crippen molar-refractivity contribution in [1.29, 1.82) is 0 Å².